The molecule has 7 heteroatoms. The van der Waals surface area contributed by atoms with Crippen molar-refractivity contribution in [3.63, 3.8) is 0 Å². The van der Waals surface area contributed by atoms with E-state index in [9.17, 15) is 14.0 Å². The first kappa shape index (κ1) is 15.4. The van der Waals surface area contributed by atoms with Gasteiger partial charge in [0.05, 0.1) is 18.3 Å². The highest BCUT2D eigenvalue weighted by molar-refractivity contribution is 5.94. The van der Waals surface area contributed by atoms with Crippen molar-refractivity contribution in [1.29, 1.82) is 0 Å². The summed E-state index contributed by atoms with van der Waals surface area (Å²) in [5.41, 5.74) is -0.0219. The molecule has 1 aliphatic carbocycles. The maximum absolute atomic E-state index is 13.4. The Labute approximate surface area is 122 Å². The van der Waals surface area contributed by atoms with Crippen LogP contribution in [-0.4, -0.2) is 52.0 Å². The van der Waals surface area contributed by atoms with Crippen molar-refractivity contribution in [1.82, 2.24) is 15.2 Å². The molecule has 0 atom stereocenters. The molecule has 1 saturated carbocycles. The van der Waals surface area contributed by atoms with Gasteiger partial charge in [0, 0.05) is 18.3 Å². The zero-order valence-electron chi connectivity index (χ0n) is 11.8. The number of nitrogens with one attached hydrogen (secondary N) is 1. The van der Waals surface area contributed by atoms with Crippen molar-refractivity contribution in [2.24, 2.45) is 0 Å². The Bertz CT molecular complexity index is 532. The summed E-state index contributed by atoms with van der Waals surface area (Å²) in [7, 11) is 0. The molecule has 6 nitrogen and oxygen atoms in total. The first-order valence-corrected chi connectivity index (χ1v) is 6.87. The molecule has 0 aliphatic heterocycles. The number of carboxylic acid groups (broad SMARTS) is 1. The van der Waals surface area contributed by atoms with E-state index in [0.717, 1.165) is 6.20 Å². The van der Waals surface area contributed by atoms with Crippen LogP contribution in [0.1, 0.15) is 30.1 Å². The van der Waals surface area contributed by atoms with E-state index >= 15 is 0 Å². The lowest BCUT2D eigenvalue weighted by molar-refractivity contribution is -0.139. The second kappa shape index (κ2) is 6.62. The molecule has 0 spiro atoms. The number of hydrogen-bond donors (Lipinski definition) is 2. The van der Waals surface area contributed by atoms with Crippen LogP contribution in [0.15, 0.2) is 18.5 Å². The summed E-state index contributed by atoms with van der Waals surface area (Å²) < 4.78 is 13.4. The van der Waals surface area contributed by atoms with Crippen LogP contribution >= 0.6 is 0 Å². The first-order valence-electron chi connectivity index (χ1n) is 6.87. The molecule has 1 aromatic rings. The van der Waals surface area contributed by atoms with Gasteiger partial charge >= 0.3 is 5.97 Å². The number of carboxylic acids is 1. The zero-order valence-corrected chi connectivity index (χ0v) is 11.8. The fourth-order valence-corrected chi connectivity index (χ4v) is 2.50. The SMILES string of the molecule is CCN(CC(=O)O)C1CC(NC(=O)c2ccncc2F)C1. The summed E-state index contributed by atoms with van der Waals surface area (Å²) >= 11 is 0. The van der Waals surface area contributed by atoms with Crippen molar-refractivity contribution >= 4 is 11.9 Å². The topological polar surface area (TPSA) is 82.5 Å². The van der Waals surface area contributed by atoms with E-state index in [1.54, 1.807) is 0 Å². The van der Waals surface area contributed by atoms with Gasteiger partial charge in [0.1, 0.15) is 0 Å². The smallest absolute Gasteiger partial charge is 0.317 e. The largest absolute Gasteiger partial charge is 0.480 e. The normalized spacial score (nSPS) is 20.9. The highest BCUT2D eigenvalue weighted by Gasteiger charge is 2.35. The van der Waals surface area contributed by atoms with E-state index < -0.39 is 17.7 Å². The molecule has 114 valence electrons. The third kappa shape index (κ3) is 3.75. The molecule has 0 aromatic carbocycles. The van der Waals surface area contributed by atoms with Gasteiger partial charge in [0.25, 0.3) is 5.91 Å². The van der Waals surface area contributed by atoms with E-state index in [1.165, 1.54) is 12.3 Å². The number of amides is 1. The molecular weight excluding hydrogens is 277 g/mol. The van der Waals surface area contributed by atoms with E-state index in [-0.39, 0.29) is 24.2 Å². The van der Waals surface area contributed by atoms with E-state index in [2.05, 4.69) is 10.3 Å². The van der Waals surface area contributed by atoms with Crippen LogP contribution in [0.5, 0.6) is 0 Å². The van der Waals surface area contributed by atoms with Crippen LogP contribution in [0.4, 0.5) is 4.39 Å². The molecule has 2 N–H and O–H groups in total. The Kier molecular flexibility index (Phi) is 4.85. The lowest BCUT2D eigenvalue weighted by Crippen LogP contribution is -2.54. The van der Waals surface area contributed by atoms with Gasteiger partial charge in [-0.3, -0.25) is 19.5 Å². The van der Waals surface area contributed by atoms with Crippen LogP contribution in [-0.2, 0) is 4.79 Å². The average Bonchev–Trinajstić information content (AvgIpc) is 2.40. The van der Waals surface area contributed by atoms with E-state index in [0.29, 0.717) is 19.4 Å². The number of nitrogens with zero attached hydrogens (tertiary/aromatic N) is 2. The summed E-state index contributed by atoms with van der Waals surface area (Å²) in [5.74, 6) is -1.96. The van der Waals surface area contributed by atoms with Crippen molar-refractivity contribution in [2.75, 3.05) is 13.1 Å². The average molecular weight is 295 g/mol. The van der Waals surface area contributed by atoms with E-state index in [1.807, 2.05) is 11.8 Å². The number of likely N-dealkylation sites (N-methyl/N-ethyl adjacent to an activating group) is 1. The maximum Gasteiger partial charge on any atom is 0.317 e. The van der Waals surface area contributed by atoms with Gasteiger partial charge in [-0.2, -0.15) is 0 Å². The molecule has 0 bridgehead atoms. The Balaban J connectivity index is 1.84. The van der Waals surface area contributed by atoms with Crippen LogP contribution < -0.4 is 5.32 Å². The third-order valence-corrected chi connectivity index (χ3v) is 3.73. The number of halogens is 1. The molecule has 1 aromatic heterocycles. The molecule has 1 amide bonds. The summed E-state index contributed by atoms with van der Waals surface area (Å²) in [6.45, 7) is 2.55. The second-order valence-electron chi connectivity index (χ2n) is 5.11. The third-order valence-electron chi connectivity index (χ3n) is 3.73. The summed E-state index contributed by atoms with van der Waals surface area (Å²) in [6, 6.07) is 1.44. The van der Waals surface area contributed by atoms with Gasteiger partial charge in [-0.25, -0.2) is 4.39 Å². The lowest BCUT2D eigenvalue weighted by Gasteiger charge is -2.42. The molecular formula is C14H18FN3O3. The summed E-state index contributed by atoms with van der Waals surface area (Å²) in [5, 5.41) is 11.6. The molecule has 21 heavy (non-hydrogen) atoms. The van der Waals surface area contributed by atoms with Crippen molar-refractivity contribution < 1.29 is 19.1 Å². The molecule has 1 fully saturated rings. The number of carbonyl (C=O) groups is 2. The summed E-state index contributed by atoms with van der Waals surface area (Å²) in [6.07, 6.45) is 3.73. The Morgan fingerprint density at radius 1 is 1.52 bits per heavy atom. The number of carbonyl (C=O) groups excluding carboxylic acids is 1. The van der Waals surface area contributed by atoms with Gasteiger partial charge in [-0.15, -0.1) is 0 Å². The Morgan fingerprint density at radius 3 is 2.81 bits per heavy atom. The van der Waals surface area contributed by atoms with Crippen LogP contribution in [0.2, 0.25) is 0 Å². The first-order chi connectivity index (χ1) is 10.0. The molecule has 1 heterocycles. The van der Waals surface area contributed by atoms with Gasteiger partial charge < -0.3 is 10.4 Å². The minimum absolute atomic E-state index is 0.000809. The molecule has 0 saturated heterocycles. The van der Waals surface area contributed by atoms with Crippen LogP contribution in [0, 0.1) is 5.82 Å². The predicted octanol–water partition coefficient (Wildman–Crippen LogP) is 0.888. The minimum Gasteiger partial charge on any atom is -0.480 e. The minimum atomic E-state index is -0.858. The van der Waals surface area contributed by atoms with Gasteiger partial charge in [-0.05, 0) is 25.5 Å². The Hall–Kier alpha value is -2.02. The van der Waals surface area contributed by atoms with Crippen LogP contribution in [0.25, 0.3) is 0 Å². The maximum atomic E-state index is 13.4. The number of pyridine rings is 1. The van der Waals surface area contributed by atoms with Gasteiger partial charge in [0.15, 0.2) is 5.82 Å². The fourth-order valence-electron chi connectivity index (χ4n) is 2.50. The van der Waals surface area contributed by atoms with Crippen molar-refractivity contribution in [3.8, 4) is 0 Å². The lowest BCUT2D eigenvalue weighted by atomic mass is 9.85. The number of hydrogen-bond acceptors (Lipinski definition) is 4. The zero-order chi connectivity index (χ0) is 15.4. The van der Waals surface area contributed by atoms with Crippen LogP contribution in [0.3, 0.4) is 0 Å². The number of aliphatic carboxylic acids is 1. The summed E-state index contributed by atoms with van der Waals surface area (Å²) in [4.78, 5) is 28.1. The predicted molar refractivity (Wildman–Crippen MR) is 73.4 cm³/mol. The second-order valence-corrected chi connectivity index (χ2v) is 5.11. The molecule has 0 unspecified atom stereocenters. The highest BCUT2D eigenvalue weighted by atomic mass is 19.1. The van der Waals surface area contributed by atoms with Gasteiger partial charge in [0.2, 0.25) is 0 Å². The van der Waals surface area contributed by atoms with Gasteiger partial charge in [-0.1, -0.05) is 6.92 Å². The molecule has 0 radical (unpaired) electrons. The van der Waals surface area contributed by atoms with E-state index in [4.69, 9.17) is 5.11 Å². The van der Waals surface area contributed by atoms with Crippen molar-refractivity contribution in [3.05, 3.63) is 29.8 Å². The highest BCUT2D eigenvalue weighted by Crippen LogP contribution is 2.26. The molecule has 2 rings (SSSR count). The van der Waals surface area contributed by atoms with Crippen molar-refractivity contribution in [2.45, 2.75) is 31.8 Å². The Morgan fingerprint density at radius 2 is 2.24 bits per heavy atom. The number of aromatic nitrogens is 1. The fraction of sp³-hybridized carbons (Fsp3) is 0.500. The number of rotatable bonds is 6. The standard InChI is InChI=1S/C14H18FN3O3/c1-2-18(8-13(19)20)10-5-9(6-10)17-14(21)11-3-4-16-7-12(11)15/h3-4,7,9-10H,2,5-6,8H2,1H3,(H,17,21)(H,19,20). The molecule has 1 aliphatic rings. The quantitative estimate of drug-likeness (QED) is 0.814. The monoisotopic (exact) mass is 295 g/mol.